The lowest BCUT2D eigenvalue weighted by molar-refractivity contribution is 0.0126. The first kappa shape index (κ1) is 20.2. The number of halogens is 1. The van der Waals surface area contributed by atoms with Crippen molar-refractivity contribution in [2.24, 2.45) is 0 Å². The second-order valence-electron chi connectivity index (χ2n) is 6.19. The van der Waals surface area contributed by atoms with E-state index in [-0.39, 0.29) is 18.2 Å². The zero-order valence-electron chi connectivity index (χ0n) is 15.4. The van der Waals surface area contributed by atoms with Gasteiger partial charge in [-0.15, -0.1) is 0 Å². The van der Waals surface area contributed by atoms with Gasteiger partial charge in [0.05, 0.1) is 33.5 Å². The highest BCUT2D eigenvalue weighted by Gasteiger charge is 2.11. The van der Waals surface area contributed by atoms with E-state index in [0.717, 1.165) is 16.9 Å². The third kappa shape index (κ3) is 6.29. The van der Waals surface area contributed by atoms with Crippen LogP contribution in [0, 0.1) is 5.82 Å². The van der Waals surface area contributed by atoms with Crippen molar-refractivity contribution in [3.8, 4) is 11.5 Å². The van der Waals surface area contributed by atoms with Gasteiger partial charge < -0.3 is 19.3 Å². The largest absolute Gasteiger partial charge is 0.497 e. The van der Waals surface area contributed by atoms with Crippen LogP contribution >= 0.6 is 0 Å². The molecule has 0 aromatic heterocycles. The molecule has 0 aliphatic carbocycles. The third-order valence-electron chi connectivity index (χ3n) is 3.90. The quantitative estimate of drug-likeness (QED) is 0.703. The van der Waals surface area contributed by atoms with Crippen molar-refractivity contribution in [1.29, 1.82) is 0 Å². The SMILES string of the molecule is COc1cccc(COCC(O)CN(C)Cc2ccc(OC)c(F)c2)c1. The Labute approximate surface area is 153 Å². The summed E-state index contributed by atoms with van der Waals surface area (Å²) in [6.07, 6.45) is -0.631. The Hall–Kier alpha value is -2.15. The van der Waals surface area contributed by atoms with E-state index in [1.807, 2.05) is 42.3 Å². The van der Waals surface area contributed by atoms with Crippen molar-refractivity contribution in [1.82, 2.24) is 4.90 Å². The molecule has 1 atom stereocenters. The summed E-state index contributed by atoms with van der Waals surface area (Å²) in [7, 11) is 4.92. The molecule has 0 amide bonds. The molecule has 1 N–H and O–H groups in total. The predicted molar refractivity (Wildman–Crippen MR) is 97.9 cm³/mol. The lowest BCUT2D eigenvalue weighted by Gasteiger charge is -2.21. The smallest absolute Gasteiger partial charge is 0.165 e. The number of hydrogen-bond donors (Lipinski definition) is 1. The molecule has 2 rings (SSSR count). The van der Waals surface area contributed by atoms with Gasteiger partial charge in [0.15, 0.2) is 11.6 Å². The van der Waals surface area contributed by atoms with Crippen LogP contribution in [0.1, 0.15) is 11.1 Å². The Kier molecular flexibility index (Phi) is 7.84. The Bertz CT molecular complexity index is 695. The minimum absolute atomic E-state index is 0.221. The van der Waals surface area contributed by atoms with Gasteiger partial charge in [-0.1, -0.05) is 18.2 Å². The Morgan fingerprint density at radius 3 is 2.58 bits per heavy atom. The summed E-state index contributed by atoms with van der Waals surface area (Å²) in [4.78, 5) is 1.92. The Balaban J connectivity index is 1.74. The highest BCUT2D eigenvalue weighted by Crippen LogP contribution is 2.18. The first-order valence-electron chi connectivity index (χ1n) is 8.41. The summed E-state index contributed by atoms with van der Waals surface area (Å²) in [6.45, 7) is 1.57. The van der Waals surface area contributed by atoms with Crippen molar-refractivity contribution in [3.63, 3.8) is 0 Å². The number of methoxy groups -OCH3 is 2. The Morgan fingerprint density at radius 1 is 1.08 bits per heavy atom. The molecule has 2 aromatic carbocycles. The number of benzene rings is 2. The zero-order chi connectivity index (χ0) is 18.9. The van der Waals surface area contributed by atoms with Gasteiger partial charge in [-0.2, -0.15) is 0 Å². The molecule has 0 aliphatic heterocycles. The number of rotatable bonds is 10. The summed E-state index contributed by atoms with van der Waals surface area (Å²) < 4.78 is 29.4. The number of hydrogen-bond acceptors (Lipinski definition) is 5. The van der Waals surface area contributed by atoms with Gasteiger partial charge in [0.1, 0.15) is 5.75 Å². The van der Waals surface area contributed by atoms with Gasteiger partial charge >= 0.3 is 0 Å². The maximum atomic E-state index is 13.7. The number of nitrogens with zero attached hydrogens (tertiary/aromatic N) is 1. The van der Waals surface area contributed by atoms with E-state index in [4.69, 9.17) is 14.2 Å². The predicted octanol–water partition coefficient (Wildman–Crippen LogP) is 2.85. The second-order valence-corrected chi connectivity index (χ2v) is 6.19. The summed E-state index contributed by atoms with van der Waals surface area (Å²) in [6, 6.07) is 12.5. The molecule has 142 valence electrons. The molecule has 2 aromatic rings. The van der Waals surface area contributed by atoms with E-state index in [2.05, 4.69) is 0 Å². The van der Waals surface area contributed by atoms with Crippen molar-refractivity contribution >= 4 is 0 Å². The molecule has 0 heterocycles. The minimum Gasteiger partial charge on any atom is -0.497 e. The first-order chi connectivity index (χ1) is 12.5. The van der Waals surface area contributed by atoms with Crippen LogP contribution in [-0.2, 0) is 17.9 Å². The van der Waals surface area contributed by atoms with Crippen molar-refractivity contribution in [2.75, 3.05) is 34.4 Å². The van der Waals surface area contributed by atoms with E-state index >= 15 is 0 Å². The molecule has 0 bridgehead atoms. The summed E-state index contributed by atoms with van der Waals surface area (Å²) in [5.41, 5.74) is 1.80. The number of aliphatic hydroxyl groups is 1. The van der Waals surface area contributed by atoms with E-state index in [1.165, 1.54) is 13.2 Å². The van der Waals surface area contributed by atoms with Crippen LogP contribution in [-0.4, -0.2) is 50.5 Å². The molecular formula is C20H26FNO4. The first-order valence-corrected chi connectivity index (χ1v) is 8.41. The number of ether oxygens (including phenoxy) is 3. The zero-order valence-corrected chi connectivity index (χ0v) is 15.4. The molecule has 0 spiro atoms. The molecular weight excluding hydrogens is 337 g/mol. The second kappa shape index (κ2) is 10.1. The number of aliphatic hydroxyl groups excluding tert-OH is 1. The third-order valence-corrected chi connectivity index (χ3v) is 3.90. The Morgan fingerprint density at radius 2 is 1.88 bits per heavy atom. The van der Waals surface area contributed by atoms with Gasteiger partial charge in [-0.05, 0) is 42.4 Å². The molecule has 0 saturated carbocycles. The molecule has 0 fully saturated rings. The van der Waals surface area contributed by atoms with Gasteiger partial charge in [0, 0.05) is 13.1 Å². The molecule has 6 heteroatoms. The van der Waals surface area contributed by atoms with Gasteiger partial charge in [-0.3, -0.25) is 4.90 Å². The van der Waals surface area contributed by atoms with Gasteiger partial charge in [0.2, 0.25) is 0 Å². The van der Waals surface area contributed by atoms with Crippen LogP contribution in [0.3, 0.4) is 0 Å². The average Bonchev–Trinajstić information content (AvgIpc) is 2.62. The minimum atomic E-state index is -0.631. The van der Waals surface area contributed by atoms with Crippen molar-refractivity contribution in [3.05, 3.63) is 59.4 Å². The molecule has 1 unspecified atom stereocenters. The maximum Gasteiger partial charge on any atom is 0.165 e. The fraction of sp³-hybridized carbons (Fsp3) is 0.400. The maximum absolute atomic E-state index is 13.7. The standard InChI is InChI=1S/C20H26FNO4/c1-22(11-15-7-8-20(25-3)19(21)10-15)12-17(23)14-26-13-16-5-4-6-18(9-16)24-2/h4-10,17,23H,11-14H2,1-3H3. The molecule has 0 aliphatic rings. The fourth-order valence-electron chi connectivity index (χ4n) is 2.67. The van der Waals surface area contributed by atoms with E-state index in [9.17, 15) is 9.50 Å². The molecule has 26 heavy (non-hydrogen) atoms. The van der Waals surface area contributed by atoms with Gasteiger partial charge in [-0.25, -0.2) is 4.39 Å². The van der Waals surface area contributed by atoms with Gasteiger partial charge in [0.25, 0.3) is 0 Å². The topological polar surface area (TPSA) is 51.2 Å². The molecule has 0 saturated heterocycles. The van der Waals surface area contributed by atoms with Crippen molar-refractivity contribution < 1.29 is 23.7 Å². The highest BCUT2D eigenvalue weighted by atomic mass is 19.1. The lowest BCUT2D eigenvalue weighted by atomic mass is 10.2. The van der Waals surface area contributed by atoms with Crippen LogP contribution in [0.25, 0.3) is 0 Å². The summed E-state index contributed by atoms with van der Waals surface area (Å²) >= 11 is 0. The normalized spacial score (nSPS) is 12.2. The monoisotopic (exact) mass is 363 g/mol. The summed E-state index contributed by atoms with van der Waals surface area (Å²) in [5.74, 6) is 0.612. The van der Waals surface area contributed by atoms with Crippen LogP contribution in [0.5, 0.6) is 11.5 Å². The van der Waals surface area contributed by atoms with Crippen molar-refractivity contribution in [2.45, 2.75) is 19.3 Å². The van der Waals surface area contributed by atoms with Crippen LogP contribution in [0.4, 0.5) is 4.39 Å². The number of likely N-dealkylation sites (N-methyl/N-ethyl adjacent to an activating group) is 1. The summed E-state index contributed by atoms with van der Waals surface area (Å²) in [5, 5.41) is 10.1. The van der Waals surface area contributed by atoms with Crippen LogP contribution in [0.15, 0.2) is 42.5 Å². The van der Waals surface area contributed by atoms with E-state index in [0.29, 0.717) is 19.7 Å². The highest BCUT2D eigenvalue weighted by molar-refractivity contribution is 5.29. The molecule has 0 radical (unpaired) electrons. The fourth-order valence-corrected chi connectivity index (χ4v) is 2.67. The van der Waals surface area contributed by atoms with Crippen LogP contribution in [0.2, 0.25) is 0 Å². The van der Waals surface area contributed by atoms with Crippen LogP contribution < -0.4 is 9.47 Å². The average molecular weight is 363 g/mol. The molecule has 5 nitrogen and oxygen atoms in total. The lowest BCUT2D eigenvalue weighted by Crippen LogP contribution is -2.31. The van der Waals surface area contributed by atoms with E-state index in [1.54, 1.807) is 13.2 Å². The van der Waals surface area contributed by atoms with E-state index < -0.39 is 6.10 Å².